The molecule has 128 valence electrons. The Bertz CT molecular complexity index is 730. The number of hydrogen-bond donors (Lipinski definition) is 1. The average molecular weight is 329 g/mol. The number of hydrogen-bond acceptors (Lipinski definition) is 2. The van der Waals surface area contributed by atoms with Crippen molar-refractivity contribution in [3.8, 4) is 5.69 Å². The van der Waals surface area contributed by atoms with Crippen LogP contribution in [-0.4, -0.2) is 21.7 Å². The van der Waals surface area contributed by atoms with Gasteiger partial charge in [-0.05, 0) is 55.9 Å². The van der Waals surface area contributed by atoms with E-state index in [2.05, 4.69) is 19.2 Å². The topological polar surface area (TPSA) is 46.9 Å². The third kappa shape index (κ3) is 3.50. The van der Waals surface area contributed by atoms with Gasteiger partial charge in [0.2, 0.25) is 0 Å². The van der Waals surface area contributed by atoms with Gasteiger partial charge in [-0.15, -0.1) is 0 Å². The first kappa shape index (κ1) is 16.7. The summed E-state index contributed by atoms with van der Waals surface area (Å²) in [6.45, 7) is 6.25. The molecule has 4 nitrogen and oxygen atoms in total. The zero-order valence-corrected chi connectivity index (χ0v) is 14.5. The normalized spacial score (nSPS) is 14.2. The van der Waals surface area contributed by atoms with Crippen molar-refractivity contribution in [1.29, 1.82) is 0 Å². The van der Waals surface area contributed by atoms with E-state index < -0.39 is 0 Å². The van der Waals surface area contributed by atoms with Crippen molar-refractivity contribution in [2.45, 2.75) is 52.5 Å². The highest BCUT2D eigenvalue weighted by Gasteiger charge is 2.29. The summed E-state index contributed by atoms with van der Waals surface area (Å²) >= 11 is 0. The van der Waals surface area contributed by atoms with Gasteiger partial charge in [-0.25, -0.2) is 9.07 Å². The fourth-order valence-electron chi connectivity index (χ4n) is 2.90. The highest BCUT2D eigenvalue weighted by atomic mass is 19.1. The molecule has 1 aliphatic carbocycles. The zero-order valence-electron chi connectivity index (χ0n) is 14.5. The van der Waals surface area contributed by atoms with E-state index in [4.69, 9.17) is 5.10 Å². The second-order valence-corrected chi connectivity index (χ2v) is 6.86. The van der Waals surface area contributed by atoms with Gasteiger partial charge in [0.15, 0.2) is 0 Å². The Balaban J connectivity index is 2.06. The molecule has 0 bridgehead atoms. The van der Waals surface area contributed by atoms with E-state index in [-0.39, 0.29) is 11.7 Å². The molecule has 1 heterocycles. The number of aromatic nitrogens is 2. The van der Waals surface area contributed by atoms with Crippen LogP contribution in [0.3, 0.4) is 0 Å². The summed E-state index contributed by atoms with van der Waals surface area (Å²) in [5.41, 5.74) is 3.19. The zero-order chi connectivity index (χ0) is 17.3. The minimum absolute atomic E-state index is 0.0293. The molecule has 0 unspecified atom stereocenters. The number of nitrogens with zero attached hydrogens (tertiary/aromatic N) is 2. The van der Waals surface area contributed by atoms with Crippen molar-refractivity contribution in [2.24, 2.45) is 5.92 Å². The summed E-state index contributed by atoms with van der Waals surface area (Å²) in [5, 5.41) is 7.78. The van der Waals surface area contributed by atoms with Crippen LogP contribution in [0, 0.1) is 11.7 Å². The van der Waals surface area contributed by atoms with Gasteiger partial charge in [0.1, 0.15) is 5.82 Å². The van der Waals surface area contributed by atoms with Gasteiger partial charge in [-0.3, -0.25) is 4.79 Å². The third-order valence-electron chi connectivity index (χ3n) is 4.20. The Morgan fingerprint density at radius 2 is 2.00 bits per heavy atom. The van der Waals surface area contributed by atoms with Gasteiger partial charge in [0, 0.05) is 6.04 Å². The summed E-state index contributed by atoms with van der Waals surface area (Å²) in [6.07, 6.45) is 3.54. The molecule has 1 saturated carbocycles. The standard InChI is InChI=1S/C19H24FN3O/c1-4-17-18(19(24)21-14-7-8-14)16(11-12(2)3)22-23(17)15-9-5-13(20)6-10-15/h5-6,9-10,12,14H,4,7-8,11H2,1-3H3,(H,21,24). The van der Waals surface area contributed by atoms with Crippen molar-refractivity contribution < 1.29 is 9.18 Å². The van der Waals surface area contributed by atoms with Gasteiger partial charge in [-0.1, -0.05) is 20.8 Å². The lowest BCUT2D eigenvalue weighted by Crippen LogP contribution is -2.27. The molecule has 24 heavy (non-hydrogen) atoms. The van der Waals surface area contributed by atoms with Gasteiger partial charge in [0.25, 0.3) is 5.91 Å². The Labute approximate surface area is 142 Å². The largest absolute Gasteiger partial charge is 0.349 e. The lowest BCUT2D eigenvalue weighted by molar-refractivity contribution is 0.0949. The quantitative estimate of drug-likeness (QED) is 0.879. The van der Waals surface area contributed by atoms with Crippen molar-refractivity contribution in [1.82, 2.24) is 15.1 Å². The van der Waals surface area contributed by atoms with E-state index in [0.717, 1.165) is 36.3 Å². The molecule has 5 heteroatoms. The maximum Gasteiger partial charge on any atom is 0.255 e. The number of carbonyl (C=O) groups excluding carboxylic acids is 1. The Hall–Kier alpha value is -2.17. The van der Waals surface area contributed by atoms with Gasteiger partial charge < -0.3 is 5.32 Å². The third-order valence-corrected chi connectivity index (χ3v) is 4.20. The maximum absolute atomic E-state index is 13.2. The van der Waals surface area contributed by atoms with E-state index >= 15 is 0 Å². The predicted molar refractivity (Wildman–Crippen MR) is 91.9 cm³/mol. The van der Waals surface area contributed by atoms with Crippen molar-refractivity contribution in [3.05, 3.63) is 47.0 Å². The van der Waals surface area contributed by atoms with Crippen LogP contribution in [0.1, 0.15) is 55.4 Å². The molecule has 0 aliphatic heterocycles. The Morgan fingerprint density at radius 1 is 1.33 bits per heavy atom. The summed E-state index contributed by atoms with van der Waals surface area (Å²) in [7, 11) is 0. The Kier molecular flexibility index (Phi) is 4.69. The summed E-state index contributed by atoms with van der Waals surface area (Å²) in [4.78, 5) is 12.8. The molecule has 1 aromatic heterocycles. The SMILES string of the molecule is CCc1c(C(=O)NC2CC2)c(CC(C)C)nn1-c1ccc(F)cc1. The number of rotatable bonds is 6. The molecule has 0 saturated heterocycles. The van der Waals surface area contributed by atoms with Gasteiger partial charge in [0.05, 0.1) is 22.6 Å². The fraction of sp³-hybridized carbons (Fsp3) is 0.474. The molecule has 0 radical (unpaired) electrons. The molecule has 1 amide bonds. The molecule has 1 aromatic carbocycles. The van der Waals surface area contributed by atoms with Crippen LogP contribution in [0.4, 0.5) is 4.39 Å². The molecule has 2 aromatic rings. The number of halogens is 1. The first-order valence-corrected chi connectivity index (χ1v) is 8.67. The maximum atomic E-state index is 13.2. The number of amides is 1. The summed E-state index contributed by atoms with van der Waals surface area (Å²) in [5.74, 6) is 0.0927. The number of carbonyl (C=O) groups is 1. The second-order valence-electron chi connectivity index (χ2n) is 6.86. The lowest BCUT2D eigenvalue weighted by atomic mass is 10.0. The van der Waals surface area contributed by atoms with Crippen LogP contribution in [0.25, 0.3) is 5.69 Å². The van der Waals surface area contributed by atoms with E-state index in [1.165, 1.54) is 12.1 Å². The van der Waals surface area contributed by atoms with Crippen LogP contribution in [0.2, 0.25) is 0 Å². The van der Waals surface area contributed by atoms with Crippen molar-refractivity contribution >= 4 is 5.91 Å². The molecule has 1 fully saturated rings. The summed E-state index contributed by atoms with van der Waals surface area (Å²) < 4.78 is 15.0. The van der Waals surface area contributed by atoms with E-state index in [0.29, 0.717) is 23.9 Å². The first-order valence-electron chi connectivity index (χ1n) is 8.67. The molecule has 0 spiro atoms. The van der Waals surface area contributed by atoms with Gasteiger partial charge >= 0.3 is 0 Å². The number of nitrogens with one attached hydrogen (secondary N) is 1. The van der Waals surface area contributed by atoms with E-state index in [1.54, 1.807) is 16.8 Å². The molecular formula is C19H24FN3O. The fourth-order valence-corrected chi connectivity index (χ4v) is 2.90. The molecule has 1 N–H and O–H groups in total. The highest BCUT2D eigenvalue weighted by Crippen LogP contribution is 2.25. The molecule has 1 aliphatic rings. The highest BCUT2D eigenvalue weighted by molar-refractivity contribution is 5.97. The molecule has 0 atom stereocenters. The molecular weight excluding hydrogens is 305 g/mol. The van der Waals surface area contributed by atoms with Crippen LogP contribution >= 0.6 is 0 Å². The summed E-state index contributed by atoms with van der Waals surface area (Å²) in [6, 6.07) is 6.54. The lowest BCUT2D eigenvalue weighted by Gasteiger charge is -2.09. The Morgan fingerprint density at radius 3 is 2.54 bits per heavy atom. The minimum atomic E-state index is -0.280. The smallest absolute Gasteiger partial charge is 0.255 e. The van der Waals surface area contributed by atoms with Crippen molar-refractivity contribution in [3.63, 3.8) is 0 Å². The van der Waals surface area contributed by atoms with Crippen LogP contribution < -0.4 is 5.32 Å². The van der Waals surface area contributed by atoms with E-state index in [9.17, 15) is 9.18 Å². The first-order chi connectivity index (χ1) is 11.5. The molecule has 3 rings (SSSR count). The monoisotopic (exact) mass is 329 g/mol. The van der Waals surface area contributed by atoms with E-state index in [1.807, 2.05) is 6.92 Å². The average Bonchev–Trinajstić information content (AvgIpc) is 3.27. The minimum Gasteiger partial charge on any atom is -0.349 e. The van der Waals surface area contributed by atoms with Crippen LogP contribution in [0.15, 0.2) is 24.3 Å². The van der Waals surface area contributed by atoms with Crippen LogP contribution in [-0.2, 0) is 12.8 Å². The van der Waals surface area contributed by atoms with Gasteiger partial charge in [-0.2, -0.15) is 5.10 Å². The number of benzene rings is 1. The second kappa shape index (κ2) is 6.75. The van der Waals surface area contributed by atoms with Crippen molar-refractivity contribution in [2.75, 3.05) is 0 Å². The predicted octanol–water partition coefficient (Wildman–Crippen LogP) is 3.66. The van der Waals surface area contributed by atoms with Crippen LogP contribution in [0.5, 0.6) is 0 Å².